The third-order valence-corrected chi connectivity index (χ3v) is 3.81. The average Bonchev–Trinajstić information content (AvgIpc) is 2.79. The lowest BCUT2D eigenvalue weighted by atomic mass is 9.97. The van der Waals surface area contributed by atoms with Crippen LogP contribution in [-0.2, 0) is 11.2 Å². The highest BCUT2D eigenvalue weighted by atomic mass is 32.2. The molecule has 0 bridgehead atoms. The Labute approximate surface area is 117 Å². The minimum atomic E-state index is -0.108. The Morgan fingerprint density at radius 2 is 2.00 bits per heavy atom. The molecule has 2 N–H and O–H groups in total. The first kappa shape index (κ1) is 13.9. The summed E-state index contributed by atoms with van der Waals surface area (Å²) >= 11 is 1.66. The van der Waals surface area contributed by atoms with Crippen LogP contribution in [0.5, 0.6) is 0 Å². The Kier molecular flexibility index (Phi) is 3.85. The molecule has 19 heavy (non-hydrogen) atoms. The van der Waals surface area contributed by atoms with Gasteiger partial charge in [-0.3, -0.25) is 0 Å². The van der Waals surface area contributed by atoms with Crippen LogP contribution in [0.1, 0.15) is 38.1 Å². The average molecular weight is 277 g/mol. The summed E-state index contributed by atoms with van der Waals surface area (Å²) in [5.74, 6) is 1.98. The molecule has 0 saturated heterocycles. The highest BCUT2D eigenvalue weighted by Gasteiger charge is 2.21. The summed E-state index contributed by atoms with van der Waals surface area (Å²) in [5, 5.41) is 8.17. The second kappa shape index (κ2) is 5.25. The van der Waals surface area contributed by atoms with E-state index in [1.54, 1.807) is 11.8 Å². The monoisotopic (exact) mass is 277 g/mol. The number of nitrogens with two attached hydrogens (primary N) is 1. The predicted octanol–water partition coefficient (Wildman–Crippen LogP) is 3.55. The van der Waals surface area contributed by atoms with Gasteiger partial charge in [0.1, 0.15) is 0 Å². The maximum atomic E-state index is 5.79. The molecule has 0 fully saturated rings. The number of benzene rings is 1. The van der Waals surface area contributed by atoms with E-state index in [9.17, 15) is 0 Å². The van der Waals surface area contributed by atoms with Crippen molar-refractivity contribution in [3.05, 3.63) is 35.5 Å². The van der Waals surface area contributed by atoms with Crippen molar-refractivity contribution in [1.29, 1.82) is 0 Å². The molecular formula is C14H19N3OS. The van der Waals surface area contributed by atoms with Crippen molar-refractivity contribution in [2.24, 2.45) is 0 Å². The quantitative estimate of drug-likeness (QED) is 0.686. The first-order valence-electron chi connectivity index (χ1n) is 6.18. The normalized spacial score (nSPS) is 11.8. The number of aromatic nitrogens is 2. The van der Waals surface area contributed by atoms with Crippen molar-refractivity contribution in [2.45, 2.75) is 43.8 Å². The smallest absolute Gasteiger partial charge is 0.226 e. The highest BCUT2D eigenvalue weighted by Crippen LogP contribution is 2.28. The zero-order chi connectivity index (χ0) is 14.0. The van der Waals surface area contributed by atoms with E-state index in [2.05, 4.69) is 37.9 Å². The third-order valence-electron chi connectivity index (χ3n) is 2.67. The number of hydrogen-bond donors (Lipinski definition) is 1. The summed E-state index contributed by atoms with van der Waals surface area (Å²) in [7, 11) is 0. The number of hydrogen-bond acceptors (Lipinski definition) is 5. The predicted molar refractivity (Wildman–Crippen MR) is 78.2 cm³/mol. The fraction of sp³-hybridized carbons (Fsp3) is 0.429. The van der Waals surface area contributed by atoms with Crippen LogP contribution in [0.15, 0.2) is 27.5 Å². The van der Waals surface area contributed by atoms with Gasteiger partial charge in [0.2, 0.25) is 11.8 Å². The molecule has 0 atom stereocenters. The lowest BCUT2D eigenvalue weighted by Gasteiger charge is -2.11. The highest BCUT2D eigenvalue weighted by molar-refractivity contribution is 7.98. The minimum Gasteiger partial charge on any atom is -0.424 e. The molecule has 0 radical (unpaired) electrons. The lowest BCUT2D eigenvalue weighted by molar-refractivity contribution is 0.378. The van der Waals surface area contributed by atoms with Gasteiger partial charge in [-0.25, -0.2) is 0 Å². The Bertz CT molecular complexity index is 572. The fourth-order valence-electron chi connectivity index (χ4n) is 1.53. The van der Waals surface area contributed by atoms with Gasteiger partial charge in [0, 0.05) is 16.0 Å². The summed E-state index contributed by atoms with van der Waals surface area (Å²) in [6, 6.07) is 5.90. The zero-order valence-electron chi connectivity index (χ0n) is 11.7. The number of anilines is 1. The molecule has 5 heteroatoms. The van der Waals surface area contributed by atoms with Gasteiger partial charge in [0.05, 0.1) is 5.75 Å². The van der Waals surface area contributed by atoms with Crippen LogP contribution in [-0.4, -0.2) is 10.2 Å². The molecule has 0 aliphatic rings. The summed E-state index contributed by atoms with van der Waals surface area (Å²) in [6.07, 6.45) is 0. The maximum Gasteiger partial charge on any atom is 0.226 e. The number of thioether (sulfide) groups is 1. The van der Waals surface area contributed by atoms with Crippen molar-refractivity contribution >= 4 is 17.4 Å². The first-order chi connectivity index (χ1) is 8.86. The van der Waals surface area contributed by atoms with Gasteiger partial charge in [-0.15, -0.1) is 22.0 Å². The van der Waals surface area contributed by atoms with Crippen LogP contribution in [0.3, 0.4) is 0 Å². The van der Waals surface area contributed by atoms with Gasteiger partial charge in [0.15, 0.2) is 0 Å². The van der Waals surface area contributed by atoms with Crippen molar-refractivity contribution in [1.82, 2.24) is 10.2 Å². The van der Waals surface area contributed by atoms with Crippen molar-refractivity contribution in [3.63, 3.8) is 0 Å². The molecule has 1 aromatic carbocycles. The summed E-state index contributed by atoms with van der Waals surface area (Å²) in [6.45, 7) is 8.23. The Morgan fingerprint density at radius 1 is 1.26 bits per heavy atom. The molecule has 0 aliphatic carbocycles. The van der Waals surface area contributed by atoms with Gasteiger partial charge in [-0.1, -0.05) is 26.8 Å². The Balaban J connectivity index is 2.06. The third kappa shape index (κ3) is 3.50. The number of nitrogens with zero attached hydrogens (tertiary/aromatic N) is 2. The fourth-order valence-corrected chi connectivity index (χ4v) is 2.44. The number of rotatable bonds is 3. The Hall–Kier alpha value is -1.49. The van der Waals surface area contributed by atoms with E-state index in [1.807, 2.05) is 18.2 Å². The molecular weight excluding hydrogens is 258 g/mol. The van der Waals surface area contributed by atoms with Gasteiger partial charge < -0.3 is 10.2 Å². The van der Waals surface area contributed by atoms with E-state index in [0.717, 1.165) is 10.6 Å². The molecule has 0 spiro atoms. The number of aryl methyl sites for hydroxylation is 1. The van der Waals surface area contributed by atoms with Gasteiger partial charge in [-0.05, 0) is 24.6 Å². The summed E-state index contributed by atoms with van der Waals surface area (Å²) < 4.78 is 5.67. The largest absolute Gasteiger partial charge is 0.424 e. The molecule has 4 nitrogen and oxygen atoms in total. The van der Waals surface area contributed by atoms with Crippen LogP contribution in [0, 0.1) is 6.92 Å². The summed E-state index contributed by atoms with van der Waals surface area (Å²) in [4.78, 5) is 1.15. The number of nitrogen functional groups attached to an aromatic ring is 1. The van der Waals surface area contributed by atoms with Crippen LogP contribution < -0.4 is 5.73 Å². The molecule has 1 heterocycles. The van der Waals surface area contributed by atoms with Crippen LogP contribution >= 0.6 is 11.8 Å². The van der Waals surface area contributed by atoms with Crippen molar-refractivity contribution in [2.75, 3.05) is 5.73 Å². The van der Waals surface area contributed by atoms with Gasteiger partial charge >= 0.3 is 0 Å². The molecule has 0 amide bonds. The van der Waals surface area contributed by atoms with Crippen LogP contribution in [0.4, 0.5) is 5.69 Å². The van der Waals surface area contributed by atoms with Crippen LogP contribution in [0.25, 0.3) is 0 Å². The summed E-state index contributed by atoms with van der Waals surface area (Å²) in [5.41, 5.74) is 7.66. The molecule has 0 unspecified atom stereocenters. The van der Waals surface area contributed by atoms with Crippen molar-refractivity contribution in [3.8, 4) is 0 Å². The molecule has 0 aliphatic heterocycles. The SMILES string of the molecule is Cc1ccc(N)cc1SCc1nnc(C(C)(C)C)o1. The zero-order valence-corrected chi connectivity index (χ0v) is 12.5. The van der Waals surface area contributed by atoms with Crippen molar-refractivity contribution < 1.29 is 4.42 Å². The van der Waals surface area contributed by atoms with Gasteiger partial charge in [0.25, 0.3) is 0 Å². The molecule has 2 rings (SSSR count). The Morgan fingerprint density at radius 3 is 2.63 bits per heavy atom. The van der Waals surface area contributed by atoms with E-state index < -0.39 is 0 Å². The second-order valence-electron chi connectivity index (χ2n) is 5.56. The maximum absolute atomic E-state index is 5.79. The van der Waals surface area contributed by atoms with Gasteiger partial charge in [-0.2, -0.15) is 0 Å². The topological polar surface area (TPSA) is 64.9 Å². The molecule has 0 saturated carbocycles. The second-order valence-corrected chi connectivity index (χ2v) is 6.58. The molecule has 1 aromatic heterocycles. The molecule has 102 valence electrons. The first-order valence-corrected chi connectivity index (χ1v) is 7.16. The lowest BCUT2D eigenvalue weighted by Crippen LogP contribution is -2.11. The van der Waals surface area contributed by atoms with E-state index in [0.29, 0.717) is 17.5 Å². The van der Waals surface area contributed by atoms with E-state index in [-0.39, 0.29) is 5.41 Å². The van der Waals surface area contributed by atoms with E-state index >= 15 is 0 Å². The van der Waals surface area contributed by atoms with Crippen LogP contribution in [0.2, 0.25) is 0 Å². The standard InChI is InChI=1S/C14H19N3OS/c1-9-5-6-10(15)7-11(9)19-8-12-16-17-13(18-12)14(2,3)4/h5-7H,8,15H2,1-4H3. The van der Waals surface area contributed by atoms with E-state index in [4.69, 9.17) is 10.2 Å². The minimum absolute atomic E-state index is 0.108. The van der Waals surface area contributed by atoms with E-state index in [1.165, 1.54) is 5.56 Å². The molecule has 2 aromatic rings.